The second kappa shape index (κ2) is 11.2. The molecule has 0 aliphatic carbocycles. The van der Waals surface area contributed by atoms with Gasteiger partial charge < -0.3 is 14.8 Å². The molecule has 11 heteroatoms. The van der Waals surface area contributed by atoms with Crippen molar-refractivity contribution < 1.29 is 22.7 Å². The summed E-state index contributed by atoms with van der Waals surface area (Å²) in [6.07, 6.45) is 1.97. The minimum absolute atomic E-state index is 0.108. The molecule has 0 saturated heterocycles. The fourth-order valence-corrected chi connectivity index (χ4v) is 5.87. The minimum Gasteiger partial charge on any atom is -0.383 e. The number of sulfonamides is 1. The highest BCUT2D eigenvalue weighted by Gasteiger charge is 2.24. The molecule has 1 aromatic heterocycles. The topological polar surface area (TPSA) is 97.8 Å². The molecular weight excluding hydrogens is 470 g/mol. The molecule has 0 unspecified atom stereocenters. The first-order valence-electron chi connectivity index (χ1n) is 9.73. The summed E-state index contributed by atoms with van der Waals surface area (Å²) < 4.78 is 39.2. The lowest BCUT2D eigenvalue weighted by atomic mass is 10.2. The van der Waals surface area contributed by atoms with Crippen LogP contribution < -0.4 is 5.32 Å². The third kappa shape index (κ3) is 5.85. The van der Waals surface area contributed by atoms with Crippen LogP contribution in [0.5, 0.6) is 0 Å². The number of anilines is 1. The number of methoxy groups -OCH3 is 2. The van der Waals surface area contributed by atoms with Gasteiger partial charge in [-0.25, -0.2) is 13.4 Å². The van der Waals surface area contributed by atoms with Crippen molar-refractivity contribution in [3.05, 3.63) is 48.0 Å². The zero-order chi connectivity index (χ0) is 23.1. The predicted molar refractivity (Wildman–Crippen MR) is 128 cm³/mol. The van der Waals surface area contributed by atoms with Gasteiger partial charge in [-0.15, -0.1) is 11.3 Å². The van der Waals surface area contributed by atoms with Crippen LogP contribution in [-0.4, -0.2) is 70.4 Å². The van der Waals surface area contributed by atoms with Crippen LogP contribution in [0.3, 0.4) is 0 Å². The largest absolute Gasteiger partial charge is 0.383 e. The molecule has 2 aromatic carbocycles. The lowest BCUT2D eigenvalue weighted by Crippen LogP contribution is -2.36. The number of rotatable bonds is 11. The molecule has 0 fully saturated rings. The molecule has 0 bridgehead atoms. The molecule has 0 spiro atoms. The number of amides is 1. The fourth-order valence-electron chi connectivity index (χ4n) is 2.94. The average Bonchev–Trinajstić information content (AvgIpc) is 3.21. The number of benzene rings is 2. The maximum absolute atomic E-state index is 13.0. The summed E-state index contributed by atoms with van der Waals surface area (Å²) in [7, 11) is -0.704. The number of fused-ring (bicyclic) bond motifs is 1. The van der Waals surface area contributed by atoms with E-state index in [0.29, 0.717) is 11.3 Å². The third-order valence-electron chi connectivity index (χ3n) is 4.65. The van der Waals surface area contributed by atoms with Crippen molar-refractivity contribution in [2.45, 2.75) is 9.24 Å². The van der Waals surface area contributed by atoms with Gasteiger partial charge in [-0.3, -0.25) is 4.79 Å². The van der Waals surface area contributed by atoms with E-state index < -0.39 is 10.0 Å². The van der Waals surface area contributed by atoms with Crippen molar-refractivity contribution >= 4 is 54.9 Å². The Morgan fingerprint density at radius 2 is 1.75 bits per heavy atom. The maximum atomic E-state index is 13.0. The summed E-state index contributed by atoms with van der Waals surface area (Å²) in [5, 5.41) is 2.85. The summed E-state index contributed by atoms with van der Waals surface area (Å²) >= 11 is 3.14. The van der Waals surface area contributed by atoms with E-state index in [1.807, 2.05) is 18.4 Å². The molecule has 1 N–H and O–H groups in total. The normalized spacial score (nSPS) is 11.9. The Morgan fingerprint density at radius 3 is 2.34 bits per heavy atom. The first-order chi connectivity index (χ1) is 15.4. The zero-order valence-electron chi connectivity index (χ0n) is 18.0. The molecule has 1 amide bonds. The van der Waals surface area contributed by atoms with Crippen LogP contribution in [-0.2, 0) is 19.5 Å². The number of nitrogens with zero attached hydrogens (tertiary/aromatic N) is 2. The van der Waals surface area contributed by atoms with E-state index in [2.05, 4.69) is 10.3 Å². The molecule has 0 aliphatic rings. The van der Waals surface area contributed by atoms with Gasteiger partial charge in [-0.05, 0) is 48.7 Å². The third-order valence-corrected chi connectivity index (χ3v) is 8.56. The van der Waals surface area contributed by atoms with Crippen molar-refractivity contribution in [1.82, 2.24) is 9.29 Å². The van der Waals surface area contributed by atoms with Crippen LogP contribution in [0, 0.1) is 0 Å². The second-order valence-electron chi connectivity index (χ2n) is 6.73. The maximum Gasteiger partial charge on any atom is 0.255 e. The molecule has 0 radical (unpaired) electrons. The van der Waals surface area contributed by atoms with Crippen LogP contribution in [0.15, 0.2) is 51.7 Å². The van der Waals surface area contributed by atoms with E-state index in [4.69, 9.17) is 9.47 Å². The highest BCUT2D eigenvalue weighted by molar-refractivity contribution is 8.00. The van der Waals surface area contributed by atoms with Gasteiger partial charge in [0, 0.05) is 38.6 Å². The number of carbonyl (C=O) groups excluding carboxylic acids is 1. The van der Waals surface area contributed by atoms with Gasteiger partial charge in [0.2, 0.25) is 10.0 Å². The Balaban J connectivity index is 1.74. The quantitative estimate of drug-likeness (QED) is 0.406. The Hall–Kier alpha value is -2.02. The SMILES string of the molecule is COCCN(CCOC)S(=O)(=O)c1ccc(C(=O)Nc2ccc3nc(SC)sc3c2)cc1. The summed E-state index contributed by atoms with van der Waals surface area (Å²) in [4.78, 5) is 17.3. The highest BCUT2D eigenvalue weighted by atomic mass is 32.2. The zero-order valence-corrected chi connectivity index (χ0v) is 20.5. The molecule has 32 heavy (non-hydrogen) atoms. The van der Waals surface area contributed by atoms with E-state index in [-0.39, 0.29) is 37.1 Å². The van der Waals surface area contributed by atoms with Gasteiger partial charge in [-0.2, -0.15) is 4.31 Å². The molecule has 3 aromatic rings. The number of nitrogens with one attached hydrogen (secondary N) is 1. The molecule has 0 atom stereocenters. The number of hydrogen-bond donors (Lipinski definition) is 1. The van der Waals surface area contributed by atoms with Crippen molar-refractivity contribution in [3.63, 3.8) is 0 Å². The van der Waals surface area contributed by atoms with Crippen LogP contribution in [0.4, 0.5) is 5.69 Å². The van der Waals surface area contributed by atoms with E-state index >= 15 is 0 Å². The summed E-state index contributed by atoms with van der Waals surface area (Å²) in [6, 6.07) is 11.4. The molecule has 1 heterocycles. The Morgan fingerprint density at radius 1 is 1.09 bits per heavy atom. The van der Waals surface area contributed by atoms with Gasteiger partial charge in [0.15, 0.2) is 4.34 Å². The van der Waals surface area contributed by atoms with Gasteiger partial charge in [0.05, 0.1) is 28.3 Å². The molecule has 0 saturated carbocycles. The second-order valence-corrected chi connectivity index (χ2v) is 10.8. The Labute approximate surface area is 196 Å². The average molecular weight is 496 g/mol. The monoisotopic (exact) mass is 495 g/mol. The van der Waals surface area contributed by atoms with Gasteiger partial charge in [0.1, 0.15) is 0 Å². The number of thiazole rings is 1. The van der Waals surface area contributed by atoms with Crippen LogP contribution in [0.25, 0.3) is 10.2 Å². The smallest absolute Gasteiger partial charge is 0.255 e. The first-order valence-corrected chi connectivity index (χ1v) is 13.2. The van der Waals surface area contributed by atoms with Crippen LogP contribution >= 0.6 is 23.1 Å². The molecule has 172 valence electrons. The van der Waals surface area contributed by atoms with Crippen LogP contribution in [0.2, 0.25) is 0 Å². The number of ether oxygens (including phenoxy) is 2. The molecule has 8 nitrogen and oxygen atoms in total. The van der Waals surface area contributed by atoms with Crippen molar-refractivity contribution in [3.8, 4) is 0 Å². The number of thioether (sulfide) groups is 1. The van der Waals surface area contributed by atoms with Gasteiger partial charge in [0.25, 0.3) is 5.91 Å². The highest BCUT2D eigenvalue weighted by Crippen LogP contribution is 2.30. The van der Waals surface area contributed by atoms with Crippen LogP contribution in [0.1, 0.15) is 10.4 Å². The van der Waals surface area contributed by atoms with E-state index in [1.165, 1.54) is 42.8 Å². The van der Waals surface area contributed by atoms with Gasteiger partial charge in [-0.1, -0.05) is 11.8 Å². The minimum atomic E-state index is -3.74. The van der Waals surface area contributed by atoms with Crippen molar-refractivity contribution in [2.75, 3.05) is 52.1 Å². The number of carbonyl (C=O) groups is 1. The fraction of sp³-hybridized carbons (Fsp3) is 0.333. The lowest BCUT2D eigenvalue weighted by molar-refractivity contribution is 0.102. The van der Waals surface area contributed by atoms with Crippen molar-refractivity contribution in [1.29, 1.82) is 0 Å². The van der Waals surface area contributed by atoms with E-state index in [9.17, 15) is 13.2 Å². The van der Waals surface area contributed by atoms with E-state index in [1.54, 1.807) is 29.2 Å². The molecular formula is C21H25N3O5S3. The summed E-state index contributed by atoms with van der Waals surface area (Å²) in [5.41, 5.74) is 1.90. The molecule has 0 aliphatic heterocycles. The Bertz CT molecular complexity index is 1160. The number of hydrogen-bond acceptors (Lipinski definition) is 8. The summed E-state index contributed by atoms with van der Waals surface area (Å²) in [5.74, 6) is -0.321. The Kier molecular flexibility index (Phi) is 8.63. The number of aromatic nitrogens is 1. The predicted octanol–water partition coefficient (Wildman–Crippen LogP) is 3.55. The standard InChI is InChI=1S/C21H25N3O5S3/c1-28-12-10-24(11-13-29-2)32(26,27)17-7-4-15(5-8-17)20(25)22-16-6-9-18-19(14-16)31-21(23-18)30-3/h4-9,14H,10-13H2,1-3H3,(H,22,25). The van der Waals surface area contributed by atoms with E-state index in [0.717, 1.165) is 14.6 Å². The summed E-state index contributed by atoms with van der Waals surface area (Å²) in [6.45, 7) is 0.962. The van der Waals surface area contributed by atoms with Gasteiger partial charge >= 0.3 is 0 Å². The first kappa shape index (κ1) is 24.6. The van der Waals surface area contributed by atoms with Crippen molar-refractivity contribution in [2.24, 2.45) is 0 Å². The molecule has 3 rings (SSSR count). The lowest BCUT2D eigenvalue weighted by Gasteiger charge is -2.21.